The monoisotopic (exact) mass is 350 g/mol. The Hall–Kier alpha value is -1.39. The lowest BCUT2D eigenvalue weighted by Gasteiger charge is -2.22. The molecule has 112 valence electrons. The Morgan fingerprint density at radius 3 is 2.62 bits per heavy atom. The molecule has 21 heavy (non-hydrogen) atoms. The number of rotatable bonds is 5. The highest BCUT2D eigenvalue weighted by atomic mass is 79.9. The van der Waals surface area contributed by atoms with E-state index in [1.165, 1.54) is 6.07 Å². The molecule has 0 fully saturated rings. The standard InChI is InChI=1S/C17H20BrFN2/c1-4-20-17(15-11-13(18)8-9-16(15)19)12-6-5-7-14(10-12)21(2)3/h5-11,17,20H,4H2,1-3H3. The van der Waals surface area contributed by atoms with Gasteiger partial charge in [-0.05, 0) is 42.4 Å². The number of anilines is 1. The van der Waals surface area contributed by atoms with Crippen LogP contribution in [0.3, 0.4) is 0 Å². The van der Waals surface area contributed by atoms with Gasteiger partial charge in [0.25, 0.3) is 0 Å². The number of hydrogen-bond acceptors (Lipinski definition) is 2. The van der Waals surface area contributed by atoms with Crippen molar-refractivity contribution in [3.63, 3.8) is 0 Å². The molecular formula is C17H20BrFN2. The first-order valence-corrected chi connectivity index (χ1v) is 7.78. The van der Waals surface area contributed by atoms with Gasteiger partial charge in [-0.1, -0.05) is 35.0 Å². The second kappa shape index (κ2) is 7.05. The summed E-state index contributed by atoms with van der Waals surface area (Å²) < 4.78 is 15.1. The lowest BCUT2D eigenvalue weighted by molar-refractivity contribution is 0.558. The maximum Gasteiger partial charge on any atom is 0.128 e. The zero-order valence-electron chi connectivity index (χ0n) is 12.5. The molecule has 2 nitrogen and oxygen atoms in total. The van der Waals surface area contributed by atoms with Crippen molar-refractivity contribution >= 4 is 21.6 Å². The predicted octanol–water partition coefficient (Wildman–Crippen LogP) is 4.35. The van der Waals surface area contributed by atoms with Gasteiger partial charge in [-0.3, -0.25) is 0 Å². The highest BCUT2D eigenvalue weighted by molar-refractivity contribution is 9.10. The van der Waals surface area contributed by atoms with Crippen LogP contribution in [-0.2, 0) is 0 Å². The molecule has 0 aliphatic heterocycles. The van der Waals surface area contributed by atoms with Gasteiger partial charge in [-0.2, -0.15) is 0 Å². The van der Waals surface area contributed by atoms with E-state index in [4.69, 9.17) is 0 Å². The Balaban J connectivity index is 2.48. The van der Waals surface area contributed by atoms with Crippen molar-refractivity contribution in [2.75, 3.05) is 25.5 Å². The smallest absolute Gasteiger partial charge is 0.128 e. The molecular weight excluding hydrogens is 331 g/mol. The highest BCUT2D eigenvalue weighted by Crippen LogP contribution is 2.29. The number of nitrogens with one attached hydrogen (secondary N) is 1. The van der Waals surface area contributed by atoms with E-state index in [0.29, 0.717) is 5.56 Å². The second-order valence-electron chi connectivity index (χ2n) is 5.15. The number of halogens is 2. The van der Waals surface area contributed by atoms with Crippen LogP contribution in [0.25, 0.3) is 0 Å². The van der Waals surface area contributed by atoms with E-state index in [1.807, 2.05) is 50.2 Å². The fourth-order valence-electron chi connectivity index (χ4n) is 2.33. The molecule has 1 unspecified atom stereocenters. The van der Waals surface area contributed by atoms with Gasteiger partial charge in [0.1, 0.15) is 5.82 Å². The number of hydrogen-bond donors (Lipinski definition) is 1. The fraction of sp³-hybridized carbons (Fsp3) is 0.294. The van der Waals surface area contributed by atoms with Gasteiger partial charge in [0.2, 0.25) is 0 Å². The molecule has 0 spiro atoms. The molecule has 1 N–H and O–H groups in total. The SMILES string of the molecule is CCNC(c1cccc(N(C)C)c1)c1cc(Br)ccc1F. The van der Waals surface area contributed by atoms with E-state index in [2.05, 4.69) is 27.3 Å². The van der Waals surface area contributed by atoms with E-state index in [9.17, 15) is 4.39 Å². The summed E-state index contributed by atoms with van der Waals surface area (Å²) in [5.41, 5.74) is 2.81. The molecule has 0 aliphatic rings. The zero-order chi connectivity index (χ0) is 15.4. The Morgan fingerprint density at radius 1 is 1.19 bits per heavy atom. The lowest BCUT2D eigenvalue weighted by atomic mass is 9.97. The molecule has 0 saturated heterocycles. The van der Waals surface area contributed by atoms with Crippen molar-refractivity contribution in [2.24, 2.45) is 0 Å². The molecule has 0 radical (unpaired) electrons. The van der Waals surface area contributed by atoms with Gasteiger partial charge in [-0.15, -0.1) is 0 Å². The van der Waals surface area contributed by atoms with E-state index in [-0.39, 0.29) is 11.9 Å². The molecule has 0 bridgehead atoms. The van der Waals surface area contributed by atoms with Crippen LogP contribution in [0.5, 0.6) is 0 Å². The minimum absolute atomic E-state index is 0.160. The van der Waals surface area contributed by atoms with Crippen LogP contribution in [0, 0.1) is 5.82 Å². The van der Waals surface area contributed by atoms with Crippen molar-refractivity contribution in [1.29, 1.82) is 0 Å². The Morgan fingerprint density at radius 2 is 1.95 bits per heavy atom. The summed E-state index contributed by atoms with van der Waals surface area (Å²) in [5.74, 6) is -0.195. The minimum atomic E-state index is -0.195. The second-order valence-corrected chi connectivity index (χ2v) is 6.06. The van der Waals surface area contributed by atoms with Crippen molar-refractivity contribution < 1.29 is 4.39 Å². The van der Waals surface area contributed by atoms with Gasteiger partial charge in [-0.25, -0.2) is 4.39 Å². The lowest BCUT2D eigenvalue weighted by Crippen LogP contribution is -2.23. The summed E-state index contributed by atoms with van der Waals surface area (Å²) in [6.45, 7) is 2.79. The zero-order valence-corrected chi connectivity index (χ0v) is 14.1. The van der Waals surface area contributed by atoms with Crippen molar-refractivity contribution in [3.05, 3.63) is 63.9 Å². The summed E-state index contributed by atoms with van der Waals surface area (Å²) in [6, 6.07) is 13.1. The van der Waals surface area contributed by atoms with Crippen molar-refractivity contribution in [1.82, 2.24) is 5.32 Å². The quantitative estimate of drug-likeness (QED) is 0.861. The van der Waals surface area contributed by atoms with Gasteiger partial charge in [0.05, 0.1) is 6.04 Å². The van der Waals surface area contributed by atoms with Crippen LogP contribution in [0.1, 0.15) is 24.1 Å². The summed E-state index contributed by atoms with van der Waals surface area (Å²) in [5, 5.41) is 3.37. The first-order chi connectivity index (χ1) is 10.0. The van der Waals surface area contributed by atoms with E-state index in [0.717, 1.165) is 22.3 Å². The summed E-state index contributed by atoms with van der Waals surface area (Å²) in [6.07, 6.45) is 0. The van der Waals surface area contributed by atoms with Crippen LogP contribution in [0.4, 0.5) is 10.1 Å². The minimum Gasteiger partial charge on any atom is -0.378 e. The van der Waals surface area contributed by atoms with E-state index < -0.39 is 0 Å². The molecule has 0 aliphatic carbocycles. The molecule has 0 amide bonds. The number of nitrogens with zero attached hydrogens (tertiary/aromatic N) is 1. The Bertz CT molecular complexity index is 613. The first-order valence-electron chi connectivity index (χ1n) is 6.98. The molecule has 1 atom stereocenters. The summed E-state index contributed by atoms with van der Waals surface area (Å²) in [7, 11) is 4.00. The van der Waals surface area contributed by atoms with Gasteiger partial charge < -0.3 is 10.2 Å². The molecule has 2 rings (SSSR count). The third-order valence-electron chi connectivity index (χ3n) is 3.40. The average Bonchev–Trinajstić information content (AvgIpc) is 2.47. The average molecular weight is 351 g/mol. The van der Waals surface area contributed by atoms with Crippen LogP contribution in [0.2, 0.25) is 0 Å². The Labute approximate surface area is 134 Å². The third kappa shape index (κ3) is 3.83. The van der Waals surface area contributed by atoms with Crippen LogP contribution in [-0.4, -0.2) is 20.6 Å². The molecule has 2 aromatic rings. The molecule has 0 saturated carbocycles. The van der Waals surface area contributed by atoms with Gasteiger partial charge in [0.15, 0.2) is 0 Å². The normalized spacial score (nSPS) is 12.2. The molecule has 0 heterocycles. The van der Waals surface area contributed by atoms with E-state index in [1.54, 1.807) is 6.07 Å². The topological polar surface area (TPSA) is 15.3 Å². The first kappa shape index (κ1) is 16.0. The van der Waals surface area contributed by atoms with E-state index >= 15 is 0 Å². The third-order valence-corrected chi connectivity index (χ3v) is 3.89. The predicted molar refractivity (Wildman–Crippen MR) is 90.4 cm³/mol. The van der Waals surface area contributed by atoms with Crippen LogP contribution >= 0.6 is 15.9 Å². The molecule has 4 heteroatoms. The fourth-order valence-corrected chi connectivity index (χ4v) is 2.71. The van der Waals surface area contributed by atoms with Gasteiger partial charge in [0, 0.05) is 29.8 Å². The maximum absolute atomic E-state index is 14.2. The van der Waals surface area contributed by atoms with Crippen LogP contribution < -0.4 is 10.2 Å². The summed E-state index contributed by atoms with van der Waals surface area (Å²) >= 11 is 3.42. The number of benzene rings is 2. The maximum atomic E-state index is 14.2. The Kier molecular flexibility index (Phi) is 5.37. The molecule has 2 aromatic carbocycles. The largest absolute Gasteiger partial charge is 0.378 e. The summed E-state index contributed by atoms with van der Waals surface area (Å²) in [4.78, 5) is 2.05. The van der Waals surface area contributed by atoms with Crippen molar-refractivity contribution in [2.45, 2.75) is 13.0 Å². The van der Waals surface area contributed by atoms with Crippen LogP contribution in [0.15, 0.2) is 46.9 Å². The van der Waals surface area contributed by atoms with Gasteiger partial charge >= 0.3 is 0 Å². The highest BCUT2D eigenvalue weighted by Gasteiger charge is 2.18. The molecule has 0 aromatic heterocycles. The van der Waals surface area contributed by atoms with Crippen molar-refractivity contribution in [3.8, 4) is 0 Å².